The maximum absolute atomic E-state index is 12.2. The average molecular weight is 424 g/mol. The number of ether oxygens (including phenoxy) is 1. The van der Waals surface area contributed by atoms with E-state index >= 15 is 0 Å². The molecule has 0 radical (unpaired) electrons. The van der Waals surface area contributed by atoms with Crippen LogP contribution >= 0.6 is 11.8 Å². The van der Waals surface area contributed by atoms with Crippen molar-refractivity contribution in [2.45, 2.75) is 32.5 Å². The molecule has 1 N–H and O–H groups in total. The number of carbonyl (C=O) groups excluding carboxylic acids is 1. The van der Waals surface area contributed by atoms with Crippen molar-refractivity contribution >= 4 is 23.9 Å². The monoisotopic (exact) mass is 423 g/mol. The van der Waals surface area contributed by atoms with Gasteiger partial charge in [-0.2, -0.15) is 5.10 Å². The number of nitrogens with zero attached hydrogens (tertiary/aromatic N) is 4. The molecular formula is C22H25N5O2S. The summed E-state index contributed by atoms with van der Waals surface area (Å²) >= 11 is 1.33. The first-order valence-corrected chi connectivity index (χ1v) is 10.8. The first kappa shape index (κ1) is 21.6. The lowest BCUT2D eigenvalue weighted by atomic mass is 10.1. The molecule has 0 atom stereocenters. The van der Waals surface area contributed by atoms with E-state index in [1.165, 1.54) is 17.3 Å². The van der Waals surface area contributed by atoms with Gasteiger partial charge in [-0.3, -0.25) is 4.79 Å². The number of aryl methyl sites for hydroxylation is 1. The molecule has 0 aliphatic heterocycles. The van der Waals surface area contributed by atoms with E-state index in [4.69, 9.17) is 4.74 Å². The van der Waals surface area contributed by atoms with E-state index in [2.05, 4.69) is 20.7 Å². The molecule has 1 heterocycles. The highest BCUT2D eigenvalue weighted by molar-refractivity contribution is 7.99. The number of hydrazone groups is 1. The number of para-hydroxylation sites is 1. The van der Waals surface area contributed by atoms with Crippen LogP contribution in [0.25, 0.3) is 11.4 Å². The number of aromatic nitrogens is 3. The maximum atomic E-state index is 12.2. The van der Waals surface area contributed by atoms with Crippen LogP contribution < -0.4 is 10.2 Å². The Bertz CT molecular complexity index is 1010. The van der Waals surface area contributed by atoms with Crippen LogP contribution in [0, 0.1) is 6.92 Å². The van der Waals surface area contributed by atoms with Gasteiger partial charge in [-0.25, -0.2) is 5.43 Å². The van der Waals surface area contributed by atoms with Crippen molar-refractivity contribution in [1.82, 2.24) is 20.2 Å². The fourth-order valence-corrected chi connectivity index (χ4v) is 3.60. The van der Waals surface area contributed by atoms with Crippen molar-refractivity contribution < 1.29 is 9.53 Å². The van der Waals surface area contributed by atoms with Gasteiger partial charge in [0, 0.05) is 17.7 Å². The molecule has 0 aliphatic rings. The van der Waals surface area contributed by atoms with E-state index < -0.39 is 0 Å². The van der Waals surface area contributed by atoms with Gasteiger partial charge in [0.05, 0.1) is 18.6 Å². The van der Waals surface area contributed by atoms with Crippen LogP contribution in [0.3, 0.4) is 0 Å². The molecule has 0 aliphatic carbocycles. The van der Waals surface area contributed by atoms with Crippen molar-refractivity contribution in [3.8, 4) is 17.1 Å². The van der Waals surface area contributed by atoms with Gasteiger partial charge in [0.1, 0.15) is 5.75 Å². The molecule has 2 aromatic carbocycles. The Morgan fingerprint density at radius 1 is 1.17 bits per heavy atom. The summed E-state index contributed by atoms with van der Waals surface area (Å²) in [7, 11) is 0. The molecule has 30 heavy (non-hydrogen) atoms. The smallest absolute Gasteiger partial charge is 0.250 e. The molecule has 8 heteroatoms. The number of nitrogens with one attached hydrogen (secondary N) is 1. The predicted molar refractivity (Wildman–Crippen MR) is 120 cm³/mol. The third-order valence-electron chi connectivity index (χ3n) is 4.29. The average Bonchev–Trinajstić information content (AvgIpc) is 3.17. The van der Waals surface area contributed by atoms with E-state index in [0.717, 1.165) is 22.7 Å². The Morgan fingerprint density at radius 2 is 1.93 bits per heavy atom. The van der Waals surface area contributed by atoms with Crippen LogP contribution in [0.4, 0.5) is 0 Å². The summed E-state index contributed by atoms with van der Waals surface area (Å²) in [5, 5.41) is 13.3. The molecule has 0 saturated carbocycles. The number of thioether (sulfide) groups is 1. The molecule has 1 aromatic heterocycles. The zero-order valence-corrected chi connectivity index (χ0v) is 18.1. The Kier molecular flexibility index (Phi) is 7.62. The minimum Gasteiger partial charge on any atom is -0.493 e. The molecule has 3 aromatic rings. The van der Waals surface area contributed by atoms with Gasteiger partial charge in [0.25, 0.3) is 5.91 Å². The number of rotatable bonds is 9. The predicted octanol–water partition coefficient (Wildman–Crippen LogP) is 3.91. The van der Waals surface area contributed by atoms with Gasteiger partial charge >= 0.3 is 0 Å². The van der Waals surface area contributed by atoms with E-state index in [-0.39, 0.29) is 11.7 Å². The summed E-state index contributed by atoms with van der Waals surface area (Å²) in [6.45, 7) is 7.28. The highest BCUT2D eigenvalue weighted by atomic mass is 32.2. The van der Waals surface area contributed by atoms with Gasteiger partial charge < -0.3 is 9.30 Å². The summed E-state index contributed by atoms with van der Waals surface area (Å²) < 4.78 is 7.55. The number of hydrogen-bond acceptors (Lipinski definition) is 6. The zero-order chi connectivity index (χ0) is 21.3. The van der Waals surface area contributed by atoms with E-state index in [1.807, 2.05) is 73.9 Å². The Morgan fingerprint density at radius 3 is 2.67 bits per heavy atom. The minimum absolute atomic E-state index is 0.191. The van der Waals surface area contributed by atoms with Crippen LogP contribution in [-0.2, 0) is 11.3 Å². The first-order chi connectivity index (χ1) is 14.6. The zero-order valence-electron chi connectivity index (χ0n) is 17.3. The van der Waals surface area contributed by atoms with Crippen LogP contribution in [0.15, 0.2) is 58.8 Å². The van der Waals surface area contributed by atoms with Crippen LogP contribution in [0.5, 0.6) is 5.75 Å². The third-order valence-corrected chi connectivity index (χ3v) is 5.25. The standard InChI is InChI=1S/C22H25N5O2S/c1-4-27-21(17-12-10-16(3)11-13-17)25-26-22(27)30-15-20(28)24-23-14-18-8-6-7-9-19(18)29-5-2/h6-14H,4-5,15H2,1-3H3,(H,24,28)/b23-14-. The van der Waals surface area contributed by atoms with Gasteiger partial charge in [0.15, 0.2) is 11.0 Å². The lowest BCUT2D eigenvalue weighted by molar-refractivity contribution is -0.118. The Hall–Kier alpha value is -3.13. The first-order valence-electron chi connectivity index (χ1n) is 9.79. The Labute approximate surface area is 180 Å². The maximum Gasteiger partial charge on any atom is 0.250 e. The van der Waals surface area contributed by atoms with Crippen molar-refractivity contribution in [3.05, 3.63) is 59.7 Å². The number of benzene rings is 2. The largest absolute Gasteiger partial charge is 0.493 e. The van der Waals surface area contributed by atoms with Gasteiger partial charge in [-0.05, 0) is 32.9 Å². The van der Waals surface area contributed by atoms with Crippen molar-refractivity contribution in [2.24, 2.45) is 5.10 Å². The summed E-state index contributed by atoms with van der Waals surface area (Å²) in [6, 6.07) is 15.7. The Balaban J connectivity index is 1.59. The van der Waals surface area contributed by atoms with E-state index in [0.29, 0.717) is 18.3 Å². The summed E-state index contributed by atoms with van der Waals surface area (Å²) in [4.78, 5) is 12.2. The number of amides is 1. The van der Waals surface area contributed by atoms with Crippen LogP contribution in [0.1, 0.15) is 25.0 Å². The second-order valence-electron chi connectivity index (χ2n) is 6.47. The van der Waals surface area contributed by atoms with Gasteiger partial charge in [0.2, 0.25) is 0 Å². The molecule has 1 amide bonds. The second-order valence-corrected chi connectivity index (χ2v) is 7.41. The van der Waals surface area contributed by atoms with Crippen molar-refractivity contribution in [3.63, 3.8) is 0 Å². The minimum atomic E-state index is -0.215. The third kappa shape index (κ3) is 5.48. The molecule has 3 rings (SSSR count). The molecule has 7 nitrogen and oxygen atoms in total. The summed E-state index contributed by atoms with van der Waals surface area (Å²) in [6.07, 6.45) is 1.58. The molecule has 0 unspecified atom stereocenters. The molecule has 0 fully saturated rings. The molecule has 0 saturated heterocycles. The fourth-order valence-electron chi connectivity index (χ4n) is 2.81. The lowest BCUT2D eigenvalue weighted by Crippen LogP contribution is -2.20. The van der Waals surface area contributed by atoms with E-state index in [1.54, 1.807) is 6.21 Å². The topological polar surface area (TPSA) is 81.4 Å². The number of hydrogen-bond donors (Lipinski definition) is 1. The summed E-state index contributed by atoms with van der Waals surface area (Å²) in [5.74, 6) is 1.50. The van der Waals surface area contributed by atoms with Gasteiger partial charge in [-0.15, -0.1) is 10.2 Å². The lowest BCUT2D eigenvalue weighted by Gasteiger charge is -2.07. The van der Waals surface area contributed by atoms with E-state index in [9.17, 15) is 4.79 Å². The molecule has 156 valence electrons. The second kappa shape index (κ2) is 10.6. The fraction of sp³-hybridized carbons (Fsp3) is 0.273. The number of carbonyl (C=O) groups is 1. The van der Waals surface area contributed by atoms with Crippen molar-refractivity contribution in [1.29, 1.82) is 0 Å². The highest BCUT2D eigenvalue weighted by Crippen LogP contribution is 2.24. The van der Waals surface area contributed by atoms with Gasteiger partial charge in [-0.1, -0.05) is 53.7 Å². The SMILES string of the molecule is CCOc1ccccc1/C=N\NC(=O)CSc1nnc(-c2ccc(C)cc2)n1CC. The van der Waals surface area contributed by atoms with Crippen LogP contribution in [0.2, 0.25) is 0 Å². The quantitative estimate of drug-likeness (QED) is 0.321. The molecule has 0 bridgehead atoms. The normalized spacial score (nSPS) is 11.0. The summed E-state index contributed by atoms with van der Waals surface area (Å²) in [5.41, 5.74) is 5.55. The molecular weight excluding hydrogens is 398 g/mol. The molecule has 0 spiro atoms. The van der Waals surface area contributed by atoms with Crippen molar-refractivity contribution in [2.75, 3.05) is 12.4 Å². The van der Waals surface area contributed by atoms with Crippen LogP contribution in [-0.4, -0.2) is 39.2 Å². The highest BCUT2D eigenvalue weighted by Gasteiger charge is 2.14.